The Balaban J connectivity index is 2.64. The number of hydrogen-bond donors (Lipinski definition) is 0. The molecule has 1 rings (SSSR count). The molecule has 0 heterocycles. The second kappa shape index (κ2) is 5.07. The van der Waals surface area contributed by atoms with Gasteiger partial charge in [0, 0.05) is 13.5 Å². The predicted molar refractivity (Wildman–Crippen MR) is 53.5 cm³/mol. The first-order valence-corrected chi connectivity index (χ1v) is 4.78. The largest absolute Gasteiger partial charge is 0.498 e. The zero-order valence-corrected chi connectivity index (χ0v) is 8.67. The molecule has 0 aromatic heterocycles. The lowest BCUT2D eigenvalue weighted by Crippen LogP contribution is -2.18. The maximum Gasteiger partial charge on any atom is 0.125 e. The summed E-state index contributed by atoms with van der Waals surface area (Å²) in [7, 11) is 3.42. The molecule has 0 saturated carbocycles. The van der Waals surface area contributed by atoms with Gasteiger partial charge in [0.05, 0.1) is 7.11 Å². The molecule has 13 heavy (non-hydrogen) atoms. The van der Waals surface area contributed by atoms with Gasteiger partial charge in [-0.2, -0.15) is 0 Å². The van der Waals surface area contributed by atoms with Crippen molar-refractivity contribution in [2.75, 3.05) is 14.2 Å². The van der Waals surface area contributed by atoms with Crippen molar-refractivity contribution in [2.24, 2.45) is 0 Å². The summed E-state index contributed by atoms with van der Waals surface area (Å²) in [6, 6.07) is 0. The van der Waals surface area contributed by atoms with Crippen molar-refractivity contribution < 1.29 is 9.47 Å². The van der Waals surface area contributed by atoms with Crippen molar-refractivity contribution in [3.63, 3.8) is 0 Å². The molecule has 0 radical (unpaired) electrons. The molecule has 0 N–H and O–H groups in total. The van der Waals surface area contributed by atoms with Crippen LogP contribution in [0.2, 0.25) is 0 Å². The Morgan fingerprint density at radius 1 is 1.38 bits per heavy atom. The van der Waals surface area contributed by atoms with E-state index in [1.807, 2.05) is 6.08 Å². The molecule has 0 saturated heterocycles. The summed E-state index contributed by atoms with van der Waals surface area (Å²) in [5, 5.41) is 0. The number of methoxy groups -OCH3 is 2. The lowest BCUT2D eigenvalue weighted by molar-refractivity contribution is 0.0768. The summed E-state index contributed by atoms with van der Waals surface area (Å²) in [6.07, 6.45) is 7.62. The number of allylic oxidation sites excluding steroid dienone is 2. The van der Waals surface area contributed by atoms with E-state index in [2.05, 4.69) is 13.0 Å². The first-order chi connectivity index (χ1) is 6.31. The molecule has 1 atom stereocenters. The molecule has 74 valence electrons. The molecular weight excluding hydrogens is 164 g/mol. The lowest BCUT2D eigenvalue weighted by atomic mass is 9.97. The van der Waals surface area contributed by atoms with Gasteiger partial charge in [-0.15, -0.1) is 0 Å². The van der Waals surface area contributed by atoms with Crippen LogP contribution in [0.4, 0.5) is 0 Å². The molecule has 0 bridgehead atoms. The highest BCUT2D eigenvalue weighted by Gasteiger charge is 2.18. The van der Waals surface area contributed by atoms with Gasteiger partial charge in [0.1, 0.15) is 11.9 Å². The van der Waals surface area contributed by atoms with Crippen LogP contribution in [-0.2, 0) is 9.47 Å². The Morgan fingerprint density at radius 3 is 2.69 bits per heavy atom. The maximum atomic E-state index is 5.34. The topological polar surface area (TPSA) is 18.5 Å². The van der Waals surface area contributed by atoms with Crippen molar-refractivity contribution in [2.45, 2.75) is 32.3 Å². The van der Waals surface area contributed by atoms with Crippen LogP contribution in [0, 0.1) is 0 Å². The van der Waals surface area contributed by atoms with E-state index in [1.54, 1.807) is 14.2 Å². The Hall–Kier alpha value is -0.760. The van der Waals surface area contributed by atoms with Gasteiger partial charge in [-0.1, -0.05) is 25.0 Å². The summed E-state index contributed by atoms with van der Waals surface area (Å²) in [4.78, 5) is 0. The normalized spacial score (nSPS) is 22.2. The van der Waals surface area contributed by atoms with Crippen molar-refractivity contribution in [1.82, 2.24) is 0 Å². The predicted octanol–water partition coefficient (Wildman–Crippen LogP) is 2.66. The fourth-order valence-corrected chi connectivity index (χ4v) is 1.62. The standard InChI is InChI=1S/C11H18O2/c1-4-5-9-6-7-10(12-2)11(8-9)13-3/h6-7,11H,4-5,8H2,1-3H3. The molecule has 0 amide bonds. The maximum absolute atomic E-state index is 5.34. The number of ether oxygens (including phenoxy) is 2. The van der Waals surface area contributed by atoms with E-state index in [9.17, 15) is 0 Å². The van der Waals surface area contributed by atoms with Crippen molar-refractivity contribution >= 4 is 0 Å². The van der Waals surface area contributed by atoms with Crippen molar-refractivity contribution in [3.05, 3.63) is 23.5 Å². The summed E-state index contributed by atoms with van der Waals surface area (Å²) in [6.45, 7) is 2.19. The van der Waals surface area contributed by atoms with E-state index in [0.717, 1.165) is 18.6 Å². The lowest BCUT2D eigenvalue weighted by Gasteiger charge is -2.22. The van der Waals surface area contributed by atoms with E-state index in [4.69, 9.17) is 9.47 Å². The third-order valence-corrected chi connectivity index (χ3v) is 2.34. The third-order valence-electron chi connectivity index (χ3n) is 2.34. The smallest absolute Gasteiger partial charge is 0.125 e. The zero-order valence-electron chi connectivity index (χ0n) is 8.67. The van der Waals surface area contributed by atoms with E-state index in [0.29, 0.717) is 0 Å². The average Bonchev–Trinajstić information content (AvgIpc) is 2.18. The van der Waals surface area contributed by atoms with Crippen LogP contribution in [0.1, 0.15) is 26.2 Å². The molecule has 0 aromatic rings. The van der Waals surface area contributed by atoms with E-state index < -0.39 is 0 Å². The molecule has 2 nitrogen and oxygen atoms in total. The van der Waals surface area contributed by atoms with Crippen LogP contribution in [0.25, 0.3) is 0 Å². The van der Waals surface area contributed by atoms with Gasteiger partial charge in [0.2, 0.25) is 0 Å². The van der Waals surface area contributed by atoms with Gasteiger partial charge >= 0.3 is 0 Å². The first-order valence-electron chi connectivity index (χ1n) is 4.78. The van der Waals surface area contributed by atoms with Gasteiger partial charge in [0.15, 0.2) is 0 Å². The number of rotatable bonds is 4. The molecule has 0 spiro atoms. The Morgan fingerprint density at radius 2 is 2.15 bits per heavy atom. The average molecular weight is 182 g/mol. The zero-order chi connectivity index (χ0) is 9.68. The first kappa shape index (κ1) is 10.3. The molecule has 1 aliphatic carbocycles. The highest BCUT2D eigenvalue weighted by atomic mass is 16.5. The minimum atomic E-state index is 0.122. The highest BCUT2D eigenvalue weighted by Crippen LogP contribution is 2.24. The van der Waals surface area contributed by atoms with Gasteiger partial charge in [0.25, 0.3) is 0 Å². The summed E-state index contributed by atoms with van der Waals surface area (Å²) < 4.78 is 10.5. The van der Waals surface area contributed by atoms with Crippen molar-refractivity contribution in [1.29, 1.82) is 0 Å². The van der Waals surface area contributed by atoms with Gasteiger partial charge in [-0.05, 0) is 12.5 Å². The minimum absolute atomic E-state index is 0.122. The summed E-state index contributed by atoms with van der Waals surface area (Å²) in [5.41, 5.74) is 1.45. The van der Waals surface area contributed by atoms with Crippen LogP contribution in [-0.4, -0.2) is 20.3 Å². The Bertz CT molecular complexity index is 216. The van der Waals surface area contributed by atoms with Crippen LogP contribution in [0.15, 0.2) is 23.5 Å². The second-order valence-electron chi connectivity index (χ2n) is 3.28. The third kappa shape index (κ3) is 2.59. The Kier molecular flexibility index (Phi) is 4.03. The Labute approximate surface area is 80.2 Å². The van der Waals surface area contributed by atoms with E-state index in [-0.39, 0.29) is 6.10 Å². The van der Waals surface area contributed by atoms with Gasteiger partial charge in [-0.3, -0.25) is 0 Å². The van der Waals surface area contributed by atoms with Gasteiger partial charge in [-0.25, -0.2) is 0 Å². The van der Waals surface area contributed by atoms with E-state index >= 15 is 0 Å². The molecule has 1 unspecified atom stereocenters. The van der Waals surface area contributed by atoms with Crippen molar-refractivity contribution in [3.8, 4) is 0 Å². The summed E-state index contributed by atoms with van der Waals surface area (Å²) >= 11 is 0. The molecule has 0 aromatic carbocycles. The fraction of sp³-hybridized carbons (Fsp3) is 0.636. The summed E-state index contributed by atoms with van der Waals surface area (Å²) in [5.74, 6) is 0.933. The van der Waals surface area contributed by atoms with Gasteiger partial charge < -0.3 is 9.47 Å². The number of hydrogen-bond acceptors (Lipinski definition) is 2. The van der Waals surface area contributed by atoms with Crippen LogP contribution in [0.5, 0.6) is 0 Å². The monoisotopic (exact) mass is 182 g/mol. The van der Waals surface area contributed by atoms with Crippen LogP contribution in [0.3, 0.4) is 0 Å². The molecule has 0 fully saturated rings. The quantitative estimate of drug-likeness (QED) is 0.665. The minimum Gasteiger partial charge on any atom is -0.498 e. The molecule has 2 heteroatoms. The van der Waals surface area contributed by atoms with Crippen LogP contribution < -0.4 is 0 Å². The SMILES string of the molecule is CCCC1=CC=C(OC)C(OC)C1. The second-order valence-corrected chi connectivity index (χ2v) is 3.28. The highest BCUT2D eigenvalue weighted by molar-refractivity contribution is 5.24. The molecule has 0 aliphatic heterocycles. The molecule has 1 aliphatic rings. The van der Waals surface area contributed by atoms with Crippen LogP contribution >= 0.6 is 0 Å². The van der Waals surface area contributed by atoms with E-state index in [1.165, 1.54) is 12.0 Å². The molecular formula is C11H18O2. The fourth-order valence-electron chi connectivity index (χ4n) is 1.62.